The van der Waals surface area contributed by atoms with Gasteiger partial charge in [0.05, 0.1) is 112 Å². The minimum atomic E-state index is -0.0808. The Bertz CT molecular complexity index is 1270. The second-order valence-electron chi connectivity index (χ2n) is 20.8. The molecule has 0 heterocycles. The maximum atomic E-state index is 12.7. The highest BCUT2D eigenvalue weighted by Gasteiger charge is 2.10. The van der Waals surface area contributed by atoms with Crippen LogP contribution in [0.25, 0.3) is 0 Å². The van der Waals surface area contributed by atoms with Crippen LogP contribution in [-0.2, 0) is 57.0 Å². The summed E-state index contributed by atoms with van der Waals surface area (Å²) in [6, 6.07) is 0. The van der Waals surface area contributed by atoms with Gasteiger partial charge in [0.15, 0.2) is 0 Å². The molecular formula is C64H124N4O12. The summed E-state index contributed by atoms with van der Waals surface area (Å²) in [7, 11) is 0. The van der Waals surface area contributed by atoms with E-state index in [1.165, 1.54) is 128 Å². The van der Waals surface area contributed by atoms with Crippen LogP contribution in [0.1, 0.15) is 213 Å². The van der Waals surface area contributed by atoms with Crippen LogP contribution in [0.15, 0.2) is 24.3 Å². The largest absolute Gasteiger partial charge is 0.379 e. The van der Waals surface area contributed by atoms with Gasteiger partial charge >= 0.3 is 0 Å². The number of amides is 3. The Morgan fingerprint density at radius 2 is 0.512 bits per heavy atom. The molecule has 0 aromatic carbocycles. The van der Waals surface area contributed by atoms with Crippen molar-refractivity contribution in [3.05, 3.63) is 24.3 Å². The van der Waals surface area contributed by atoms with Crippen molar-refractivity contribution >= 4 is 17.7 Å². The fourth-order valence-corrected chi connectivity index (χ4v) is 8.54. The van der Waals surface area contributed by atoms with Crippen molar-refractivity contribution in [3.63, 3.8) is 0 Å². The summed E-state index contributed by atoms with van der Waals surface area (Å²) in [6.45, 7) is 19.0. The van der Waals surface area contributed by atoms with Crippen molar-refractivity contribution in [2.45, 2.75) is 213 Å². The number of nitrogens with one attached hydrogen (secondary N) is 3. The first-order valence-electron chi connectivity index (χ1n) is 32.5. The fraction of sp³-hybridized carbons (Fsp3) is 0.891. The molecule has 0 rings (SSSR count). The van der Waals surface area contributed by atoms with Crippen LogP contribution < -0.4 is 16.0 Å². The van der Waals surface area contributed by atoms with E-state index in [0.29, 0.717) is 164 Å². The first-order chi connectivity index (χ1) is 39.5. The maximum Gasteiger partial charge on any atom is 0.222 e. The Morgan fingerprint density at radius 1 is 0.275 bits per heavy atom. The van der Waals surface area contributed by atoms with Crippen LogP contribution in [0.5, 0.6) is 0 Å². The van der Waals surface area contributed by atoms with E-state index in [0.717, 1.165) is 51.6 Å². The van der Waals surface area contributed by atoms with Crippen LogP contribution in [0.3, 0.4) is 0 Å². The zero-order chi connectivity index (χ0) is 57.8. The van der Waals surface area contributed by atoms with E-state index in [9.17, 15) is 14.4 Å². The Kier molecular flexibility index (Phi) is 66.8. The van der Waals surface area contributed by atoms with Gasteiger partial charge in [-0.05, 0) is 70.6 Å². The van der Waals surface area contributed by atoms with Gasteiger partial charge in [-0.2, -0.15) is 0 Å². The first kappa shape index (κ1) is 77.5. The van der Waals surface area contributed by atoms with Crippen LogP contribution in [0.4, 0.5) is 0 Å². The zero-order valence-electron chi connectivity index (χ0n) is 51.8. The van der Waals surface area contributed by atoms with E-state index in [2.05, 4.69) is 65.9 Å². The predicted octanol–water partition coefficient (Wildman–Crippen LogP) is 11.7. The van der Waals surface area contributed by atoms with Crippen molar-refractivity contribution in [1.29, 1.82) is 0 Å². The van der Waals surface area contributed by atoms with Gasteiger partial charge in [-0.15, -0.1) is 0 Å². The number of carbonyl (C=O) groups is 3. The van der Waals surface area contributed by atoms with Gasteiger partial charge in [0, 0.05) is 65.1 Å². The molecule has 0 bridgehead atoms. The molecule has 3 N–H and O–H groups in total. The number of allylic oxidation sites excluding steroid dienone is 4. The van der Waals surface area contributed by atoms with Gasteiger partial charge in [0.1, 0.15) is 0 Å². The van der Waals surface area contributed by atoms with Gasteiger partial charge in [-0.25, -0.2) is 0 Å². The van der Waals surface area contributed by atoms with E-state index in [1.54, 1.807) is 0 Å². The summed E-state index contributed by atoms with van der Waals surface area (Å²) in [4.78, 5) is 40.2. The summed E-state index contributed by atoms with van der Waals surface area (Å²) in [5.74, 6) is 0.0884. The second kappa shape index (κ2) is 69.0. The highest BCUT2D eigenvalue weighted by atomic mass is 16.6. The number of unbranched alkanes of at least 4 members (excludes halogenated alkanes) is 22. The van der Waals surface area contributed by atoms with Crippen molar-refractivity contribution in [2.24, 2.45) is 0 Å². The maximum absolute atomic E-state index is 12.7. The Labute approximate surface area is 489 Å². The van der Waals surface area contributed by atoms with E-state index in [1.807, 2.05) is 0 Å². The molecule has 0 aliphatic heterocycles. The monoisotopic (exact) mass is 1140 g/mol. The molecule has 0 spiro atoms. The van der Waals surface area contributed by atoms with Crippen molar-refractivity contribution in [3.8, 4) is 0 Å². The zero-order valence-corrected chi connectivity index (χ0v) is 51.8. The van der Waals surface area contributed by atoms with Gasteiger partial charge in [0.25, 0.3) is 0 Å². The molecule has 3 amide bonds. The Morgan fingerprint density at radius 3 is 0.800 bits per heavy atom. The number of ether oxygens (including phenoxy) is 9. The molecule has 16 heteroatoms. The Hall–Kier alpha value is -2.51. The van der Waals surface area contributed by atoms with Crippen LogP contribution in [-0.4, -0.2) is 181 Å². The first-order valence-corrected chi connectivity index (χ1v) is 32.5. The summed E-state index contributed by atoms with van der Waals surface area (Å²) in [5.41, 5.74) is 0. The normalized spacial score (nSPS) is 11.8. The summed E-state index contributed by atoms with van der Waals surface area (Å²) < 4.78 is 49.6. The molecule has 80 heavy (non-hydrogen) atoms. The third kappa shape index (κ3) is 66.3. The number of hydrogen-bond acceptors (Lipinski definition) is 13. The molecule has 472 valence electrons. The van der Waals surface area contributed by atoms with Gasteiger partial charge in [-0.1, -0.05) is 148 Å². The molecule has 0 unspecified atom stereocenters. The van der Waals surface area contributed by atoms with Crippen molar-refractivity contribution in [2.75, 3.05) is 158 Å². The van der Waals surface area contributed by atoms with Gasteiger partial charge in [0.2, 0.25) is 17.7 Å². The topological polar surface area (TPSA) is 174 Å². The lowest BCUT2D eigenvalue weighted by Crippen LogP contribution is -2.43. The molecule has 0 aromatic heterocycles. The SMILES string of the molecule is CCCCCCCCC=CCCCCCCCC(=O)NCCN(CCNC(=O)CCCCCCCC=CCCCCCCCC)CCNC(=O)CCOCCOCCOCCOCCOCCOCCOCCOCCOCCC. The van der Waals surface area contributed by atoms with Crippen LogP contribution in [0, 0.1) is 0 Å². The van der Waals surface area contributed by atoms with E-state index in [4.69, 9.17) is 42.6 Å². The quantitative estimate of drug-likeness (QED) is 0.0388. The number of hydrogen-bond donors (Lipinski definition) is 3. The van der Waals surface area contributed by atoms with E-state index in [-0.39, 0.29) is 24.1 Å². The Balaban J connectivity index is 4.18. The molecule has 16 nitrogen and oxygen atoms in total. The summed E-state index contributed by atoms with van der Waals surface area (Å²) in [6.07, 6.45) is 43.8. The molecule has 0 radical (unpaired) electrons. The molecular weight excluding hydrogens is 1020 g/mol. The van der Waals surface area contributed by atoms with E-state index < -0.39 is 0 Å². The second-order valence-corrected chi connectivity index (χ2v) is 20.8. The third-order valence-corrected chi connectivity index (χ3v) is 13.4. The lowest BCUT2D eigenvalue weighted by atomic mass is 10.1. The molecule has 0 fully saturated rings. The molecule has 0 atom stereocenters. The number of carbonyl (C=O) groups excluding carboxylic acids is 3. The molecule has 0 saturated carbocycles. The standard InChI is InChI=1S/C64H124N4O12/c1-4-7-9-11-13-15-17-19-21-23-25-27-29-31-33-35-62(69)65-38-41-68(42-39-66-63(70)36-34-32-30-28-26-24-22-20-18-16-14-12-10-8-5-2)43-40-67-64(71)37-45-73-47-49-75-51-53-77-55-57-79-59-61-80-60-58-78-56-54-76-52-50-74-48-46-72-44-6-3/h19-22H,4-18,23-61H2,1-3H3,(H,65,69)(H,66,70)(H,67,71). The predicted molar refractivity (Wildman–Crippen MR) is 327 cm³/mol. The average molecular weight is 1140 g/mol. The van der Waals surface area contributed by atoms with Gasteiger partial charge in [-0.3, -0.25) is 19.3 Å². The molecule has 0 aliphatic carbocycles. The summed E-state index contributed by atoms with van der Waals surface area (Å²) >= 11 is 0. The van der Waals surface area contributed by atoms with Crippen LogP contribution in [0.2, 0.25) is 0 Å². The highest BCUT2D eigenvalue weighted by Crippen LogP contribution is 2.12. The molecule has 0 saturated heterocycles. The number of rotatable bonds is 68. The summed E-state index contributed by atoms with van der Waals surface area (Å²) in [5, 5.41) is 9.20. The van der Waals surface area contributed by atoms with E-state index >= 15 is 0 Å². The van der Waals surface area contributed by atoms with Crippen molar-refractivity contribution < 1.29 is 57.0 Å². The minimum Gasteiger partial charge on any atom is -0.379 e. The van der Waals surface area contributed by atoms with Crippen LogP contribution >= 0.6 is 0 Å². The fourth-order valence-electron chi connectivity index (χ4n) is 8.54. The highest BCUT2D eigenvalue weighted by molar-refractivity contribution is 5.76. The smallest absolute Gasteiger partial charge is 0.222 e. The third-order valence-electron chi connectivity index (χ3n) is 13.4. The molecule has 0 aromatic rings. The lowest BCUT2D eigenvalue weighted by molar-refractivity contribution is -0.122. The minimum absolute atomic E-state index is 0.0808. The van der Waals surface area contributed by atoms with Crippen molar-refractivity contribution in [1.82, 2.24) is 20.9 Å². The van der Waals surface area contributed by atoms with Gasteiger partial charge < -0.3 is 58.6 Å². The average Bonchev–Trinajstić information content (AvgIpc) is 3.45. The molecule has 0 aliphatic rings. The lowest BCUT2D eigenvalue weighted by Gasteiger charge is -2.23. The number of nitrogens with zero attached hydrogens (tertiary/aromatic N) is 1.